The Balaban J connectivity index is 1.87. The average Bonchev–Trinajstić information content (AvgIpc) is 2.78. The molecule has 1 fully saturated rings. The fourth-order valence-corrected chi connectivity index (χ4v) is 4.06. The van der Waals surface area contributed by atoms with Gasteiger partial charge in [-0.3, -0.25) is 14.4 Å². The van der Waals surface area contributed by atoms with Crippen molar-refractivity contribution in [3.8, 4) is 5.75 Å². The number of methoxy groups -OCH3 is 1. The smallest absolute Gasteiger partial charge is 0.229 e. The molecule has 2 aromatic carbocycles. The minimum Gasteiger partial charge on any atom is -0.497 e. The molecule has 1 aliphatic heterocycles. The number of hydrogen-bond donors (Lipinski definition) is 1. The van der Waals surface area contributed by atoms with Gasteiger partial charge in [-0.2, -0.15) is 0 Å². The van der Waals surface area contributed by atoms with E-state index in [1.807, 2.05) is 29.2 Å². The monoisotopic (exact) mass is 422 g/mol. The fraction of sp³-hybridized carbons (Fsp3) is 0.400. The third kappa shape index (κ3) is 5.32. The van der Waals surface area contributed by atoms with Crippen LogP contribution < -0.4 is 10.1 Å². The van der Waals surface area contributed by atoms with Gasteiger partial charge in [0.2, 0.25) is 11.8 Å². The number of carbonyl (C=O) groups excluding carboxylic acids is 3. The average molecular weight is 423 g/mol. The maximum Gasteiger partial charge on any atom is 0.229 e. The Morgan fingerprint density at radius 1 is 1.10 bits per heavy atom. The number of amides is 2. The van der Waals surface area contributed by atoms with Crippen molar-refractivity contribution in [1.29, 1.82) is 0 Å². The summed E-state index contributed by atoms with van der Waals surface area (Å²) >= 11 is 0. The molecule has 1 heterocycles. The van der Waals surface area contributed by atoms with E-state index in [1.54, 1.807) is 31.4 Å². The number of hydrogen-bond acceptors (Lipinski definition) is 4. The first-order valence-electron chi connectivity index (χ1n) is 10.8. The summed E-state index contributed by atoms with van der Waals surface area (Å²) in [5.74, 6) is 0.317. The maximum atomic E-state index is 13.3. The van der Waals surface area contributed by atoms with E-state index >= 15 is 0 Å². The molecule has 6 heteroatoms. The number of ketones is 1. The molecule has 0 bridgehead atoms. The number of unbranched alkanes of at least 4 members (excludes halogenated alkanes) is 1. The van der Waals surface area contributed by atoms with E-state index in [0.29, 0.717) is 30.6 Å². The summed E-state index contributed by atoms with van der Waals surface area (Å²) in [5, 5.41) is 2.98. The fourth-order valence-electron chi connectivity index (χ4n) is 4.06. The molecular formula is C25H30N2O4. The van der Waals surface area contributed by atoms with Crippen LogP contribution in [0.3, 0.4) is 0 Å². The first-order valence-corrected chi connectivity index (χ1v) is 10.8. The summed E-state index contributed by atoms with van der Waals surface area (Å²) in [5.41, 5.74) is 2.17. The van der Waals surface area contributed by atoms with E-state index in [1.165, 1.54) is 6.92 Å². The Labute approximate surface area is 183 Å². The third-order valence-electron chi connectivity index (χ3n) is 5.81. The lowest BCUT2D eigenvalue weighted by Crippen LogP contribution is -2.47. The summed E-state index contributed by atoms with van der Waals surface area (Å²) in [7, 11) is 1.61. The molecular weight excluding hydrogens is 392 g/mol. The number of Topliss-reactive ketones (excluding diaryl/α,β-unsaturated/α-hetero) is 1. The van der Waals surface area contributed by atoms with Gasteiger partial charge in [-0.05, 0) is 61.7 Å². The molecule has 1 aliphatic rings. The van der Waals surface area contributed by atoms with Gasteiger partial charge in [-0.25, -0.2) is 0 Å². The Kier molecular flexibility index (Phi) is 7.45. The van der Waals surface area contributed by atoms with E-state index in [-0.39, 0.29) is 29.6 Å². The highest BCUT2D eigenvalue weighted by Crippen LogP contribution is 2.38. The van der Waals surface area contributed by atoms with Crippen LogP contribution in [0.5, 0.6) is 5.75 Å². The molecule has 3 rings (SSSR count). The summed E-state index contributed by atoms with van der Waals surface area (Å²) in [4.78, 5) is 39.4. The number of piperidine rings is 1. The largest absolute Gasteiger partial charge is 0.497 e. The Hall–Kier alpha value is -3.15. The van der Waals surface area contributed by atoms with Gasteiger partial charge in [0.05, 0.1) is 19.1 Å². The molecule has 164 valence electrons. The van der Waals surface area contributed by atoms with Crippen LogP contribution in [0, 0.1) is 5.92 Å². The van der Waals surface area contributed by atoms with Crippen LogP contribution >= 0.6 is 0 Å². The lowest BCUT2D eigenvalue weighted by atomic mass is 9.83. The van der Waals surface area contributed by atoms with Crippen LogP contribution in [-0.4, -0.2) is 36.2 Å². The first-order chi connectivity index (χ1) is 14.9. The van der Waals surface area contributed by atoms with Crippen LogP contribution in [-0.2, 0) is 9.59 Å². The van der Waals surface area contributed by atoms with Gasteiger partial charge < -0.3 is 15.0 Å². The Bertz CT molecular complexity index is 922. The van der Waals surface area contributed by atoms with E-state index in [0.717, 1.165) is 24.2 Å². The molecule has 1 saturated heterocycles. The van der Waals surface area contributed by atoms with Crippen molar-refractivity contribution >= 4 is 23.3 Å². The molecule has 6 nitrogen and oxygen atoms in total. The SMILES string of the molecule is CCCCN1C(=O)CC[C@H](C(=O)Nc2ccc(C(C)=O)cc2)[C@@H]1c1ccc(OC)cc1. The van der Waals surface area contributed by atoms with Crippen molar-refractivity contribution in [3.05, 3.63) is 59.7 Å². The number of likely N-dealkylation sites (tertiary alicyclic amines) is 1. The summed E-state index contributed by atoms with van der Waals surface area (Å²) in [6.45, 7) is 4.23. The van der Waals surface area contributed by atoms with Crippen molar-refractivity contribution < 1.29 is 19.1 Å². The van der Waals surface area contributed by atoms with E-state index < -0.39 is 0 Å². The number of rotatable bonds is 8. The highest BCUT2D eigenvalue weighted by atomic mass is 16.5. The Morgan fingerprint density at radius 3 is 2.35 bits per heavy atom. The molecule has 31 heavy (non-hydrogen) atoms. The number of nitrogens with zero attached hydrogens (tertiary/aromatic N) is 1. The van der Waals surface area contributed by atoms with Gasteiger partial charge in [-0.15, -0.1) is 0 Å². The molecule has 0 radical (unpaired) electrons. The van der Waals surface area contributed by atoms with Gasteiger partial charge in [0.1, 0.15) is 5.75 Å². The second kappa shape index (κ2) is 10.2. The molecule has 0 spiro atoms. The zero-order valence-electron chi connectivity index (χ0n) is 18.4. The van der Waals surface area contributed by atoms with Gasteiger partial charge in [0, 0.05) is 24.2 Å². The van der Waals surface area contributed by atoms with Crippen LogP contribution in [0.4, 0.5) is 5.69 Å². The van der Waals surface area contributed by atoms with Crippen molar-refractivity contribution in [3.63, 3.8) is 0 Å². The van der Waals surface area contributed by atoms with Crippen molar-refractivity contribution in [2.24, 2.45) is 5.92 Å². The molecule has 0 aliphatic carbocycles. The lowest BCUT2D eigenvalue weighted by molar-refractivity contribution is -0.142. The van der Waals surface area contributed by atoms with Crippen molar-refractivity contribution in [1.82, 2.24) is 4.90 Å². The second-order valence-electron chi connectivity index (χ2n) is 7.93. The van der Waals surface area contributed by atoms with E-state index in [4.69, 9.17) is 4.74 Å². The molecule has 2 aromatic rings. The highest BCUT2D eigenvalue weighted by Gasteiger charge is 2.40. The molecule has 0 aromatic heterocycles. The summed E-state index contributed by atoms with van der Waals surface area (Å²) in [6, 6.07) is 14.2. The quantitative estimate of drug-likeness (QED) is 0.630. The van der Waals surface area contributed by atoms with Gasteiger partial charge in [0.25, 0.3) is 0 Å². The number of benzene rings is 2. The predicted molar refractivity (Wildman–Crippen MR) is 120 cm³/mol. The number of ether oxygens (including phenoxy) is 1. The van der Waals surface area contributed by atoms with Gasteiger partial charge in [0.15, 0.2) is 5.78 Å². The summed E-state index contributed by atoms with van der Waals surface area (Å²) in [6.07, 6.45) is 2.71. The minimum absolute atomic E-state index is 0.0187. The summed E-state index contributed by atoms with van der Waals surface area (Å²) < 4.78 is 5.27. The predicted octanol–water partition coefficient (Wildman–Crippen LogP) is 4.62. The second-order valence-corrected chi connectivity index (χ2v) is 7.93. The van der Waals surface area contributed by atoms with Crippen LogP contribution in [0.15, 0.2) is 48.5 Å². The zero-order valence-corrected chi connectivity index (χ0v) is 18.4. The number of carbonyl (C=O) groups is 3. The minimum atomic E-state index is -0.365. The normalized spacial score (nSPS) is 18.5. The first kappa shape index (κ1) is 22.5. The van der Waals surface area contributed by atoms with E-state index in [9.17, 15) is 14.4 Å². The van der Waals surface area contributed by atoms with Crippen molar-refractivity contribution in [2.75, 3.05) is 19.0 Å². The molecule has 1 N–H and O–H groups in total. The molecule has 2 atom stereocenters. The molecule has 2 amide bonds. The number of nitrogens with one attached hydrogen (secondary N) is 1. The van der Waals surface area contributed by atoms with E-state index in [2.05, 4.69) is 12.2 Å². The van der Waals surface area contributed by atoms with Crippen LogP contribution in [0.25, 0.3) is 0 Å². The molecule has 0 saturated carbocycles. The Morgan fingerprint density at radius 2 is 1.77 bits per heavy atom. The third-order valence-corrected chi connectivity index (χ3v) is 5.81. The number of anilines is 1. The maximum absolute atomic E-state index is 13.3. The van der Waals surface area contributed by atoms with Crippen LogP contribution in [0.2, 0.25) is 0 Å². The topological polar surface area (TPSA) is 75.7 Å². The highest BCUT2D eigenvalue weighted by molar-refractivity contribution is 5.97. The standard InChI is InChI=1S/C25H30N2O4/c1-4-5-16-27-23(29)15-14-22(24(27)19-8-12-21(31-3)13-9-19)25(30)26-20-10-6-18(7-11-20)17(2)28/h6-13,22,24H,4-5,14-16H2,1-3H3,(H,26,30)/t22-,24-/m0/s1. The van der Waals surface area contributed by atoms with Gasteiger partial charge >= 0.3 is 0 Å². The molecule has 0 unspecified atom stereocenters. The van der Waals surface area contributed by atoms with Crippen molar-refractivity contribution in [2.45, 2.75) is 45.6 Å². The van der Waals surface area contributed by atoms with Crippen LogP contribution in [0.1, 0.15) is 61.5 Å². The lowest BCUT2D eigenvalue weighted by Gasteiger charge is -2.41. The zero-order chi connectivity index (χ0) is 22.4. The van der Waals surface area contributed by atoms with Gasteiger partial charge in [-0.1, -0.05) is 25.5 Å².